The maximum absolute atomic E-state index is 12.5. The number of benzene rings is 1. The molecule has 154 valence electrons. The van der Waals surface area contributed by atoms with Gasteiger partial charge in [0.15, 0.2) is 11.5 Å². The van der Waals surface area contributed by atoms with Crippen molar-refractivity contribution in [3.05, 3.63) is 53.9 Å². The second-order valence-electron chi connectivity index (χ2n) is 7.66. The topological polar surface area (TPSA) is 58.1 Å². The third-order valence-corrected chi connectivity index (χ3v) is 5.58. The van der Waals surface area contributed by atoms with Crippen molar-refractivity contribution in [2.75, 3.05) is 53.1 Å². The summed E-state index contributed by atoms with van der Waals surface area (Å²) in [6, 6.07) is 10.1. The van der Waals surface area contributed by atoms with E-state index >= 15 is 0 Å². The summed E-state index contributed by atoms with van der Waals surface area (Å²) in [7, 11) is 1.89. The molecule has 0 saturated carbocycles. The van der Waals surface area contributed by atoms with Crippen LogP contribution in [0.4, 0.5) is 0 Å². The number of hydrogen-bond donors (Lipinski definition) is 0. The summed E-state index contributed by atoms with van der Waals surface area (Å²) in [6.07, 6.45) is 4.44. The van der Waals surface area contributed by atoms with Crippen LogP contribution in [0.15, 0.2) is 42.7 Å². The number of likely N-dealkylation sites (N-methyl/N-ethyl adjacent to an activating group) is 1. The molecule has 0 N–H and O–H groups in total. The molecule has 29 heavy (non-hydrogen) atoms. The van der Waals surface area contributed by atoms with Gasteiger partial charge >= 0.3 is 0 Å². The van der Waals surface area contributed by atoms with Crippen molar-refractivity contribution in [1.29, 1.82) is 0 Å². The van der Waals surface area contributed by atoms with Gasteiger partial charge in [0.25, 0.3) is 0 Å². The molecule has 7 heteroatoms. The highest BCUT2D eigenvalue weighted by Crippen LogP contribution is 2.32. The van der Waals surface area contributed by atoms with Gasteiger partial charge < -0.3 is 14.4 Å². The molecule has 0 bridgehead atoms. The summed E-state index contributed by atoms with van der Waals surface area (Å²) >= 11 is 0. The molecule has 3 heterocycles. The van der Waals surface area contributed by atoms with E-state index < -0.39 is 0 Å². The average Bonchev–Trinajstić information content (AvgIpc) is 3.22. The number of hydrogen-bond acceptors (Lipinski definition) is 6. The number of carbonyl (C=O) groups is 1. The molecule has 0 unspecified atom stereocenters. The standard InChI is InChI=1S/C22H28N4O3/c1-24(9-6-18-4-7-23-8-5-18)22(27)16-26-12-10-25(11-13-26)15-19-2-3-20-21(14-19)29-17-28-20/h2-5,7-8,14H,6,9-13,15-17H2,1H3. The Morgan fingerprint density at radius 2 is 1.72 bits per heavy atom. The predicted molar refractivity (Wildman–Crippen MR) is 110 cm³/mol. The molecule has 0 atom stereocenters. The monoisotopic (exact) mass is 396 g/mol. The van der Waals surface area contributed by atoms with E-state index in [9.17, 15) is 4.79 Å². The van der Waals surface area contributed by atoms with Gasteiger partial charge in [-0.15, -0.1) is 0 Å². The van der Waals surface area contributed by atoms with Crippen LogP contribution in [0.5, 0.6) is 11.5 Å². The number of piperazine rings is 1. The van der Waals surface area contributed by atoms with Crippen molar-refractivity contribution in [2.45, 2.75) is 13.0 Å². The Morgan fingerprint density at radius 3 is 2.52 bits per heavy atom. The maximum Gasteiger partial charge on any atom is 0.236 e. The fourth-order valence-corrected chi connectivity index (χ4v) is 3.69. The van der Waals surface area contributed by atoms with Crippen LogP contribution < -0.4 is 9.47 Å². The van der Waals surface area contributed by atoms with Crippen molar-refractivity contribution in [2.24, 2.45) is 0 Å². The number of ether oxygens (including phenoxy) is 2. The summed E-state index contributed by atoms with van der Waals surface area (Å²) in [5.74, 6) is 1.84. The Hall–Kier alpha value is -2.64. The van der Waals surface area contributed by atoms with Gasteiger partial charge in [0, 0.05) is 58.7 Å². The van der Waals surface area contributed by atoms with Crippen molar-refractivity contribution in [1.82, 2.24) is 19.7 Å². The van der Waals surface area contributed by atoms with Crippen LogP contribution in [0.1, 0.15) is 11.1 Å². The van der Waals surface area contributed by atoms with Crippen molar-refractivity contribution in [3.63, 3.8) is 0 Å². The van der Waals surface area contributed by atoms with E-state index in [0.29, 0.717) is 13.3 Å². The highest BCUT2D eigenvalue weighted by Gasteiger charge is 2.21. The number of rotatable bonds is 7. The van der Waals surface area contributed by atoms with Gasteiger partial charge in [-0.3, -0.25) is 19.6 Å². The molecule has 1 saturated heterocycles. The second kappa shape index (κ2) is 9.24. The van der Waals surface area contributed by atoms with Gasteiger partial charge in [-0.25, -0.2) is 0 Å². The fourth-order valence-electron chi connectivity index (χ4n) is 3.69. The molecular formula is C22H28N4O3. The van der Waals surface area contributed by atoms with Crippen LogP contribution in [0.25, 0.3) is 0 Å². The number of nitrogens with zero attached hydrogens (tertiary/aromatic N) is 4. The average molecular weight is 396 g/mol. The molecule has 1 aromatic heterocycles. The highest BCUT2D eigenvalue weighted by atomic mass is 16.7. The first-order valence-corrected chi connectivity index (χ1v) is 10.1. The molecule has 1 aromatic carbocycles. The molecule has 2 aliphatic rings. The summed E-state index contributed by atoms with van der Waals surface area (Å²) in [4.78, 5) is 23.1. The molecule has 1 amide bonds. The van der Waals surface area contributed by atoms with Gasteiger partial charge in [0.05, 0.1) is 6.54 Å². The molecular weight excluding hydrogens is 368 g/mol. The fraction of sp³-hybridized carbons (Fsp3) is 0.455. The highest BCUT2D eigenvalue weighted by molar-refractivity contribution is 5.78. The Labute approximate surface area is 171 Å². The smallest absolute Gasteiger partial charge is 0.236 e. The summed E-state index contributed by atoms with van der Waals surface area (Å²) in [6.45, 7) is 6.16. The molecule has 4 rings (SSSR count). The number of aromatic nitrogens is 1. The summed E-state index contributed by atoms with van der Waals surface area (Å²) in [5.41, 5.74) is 2.44. The Morgan fingerprint density at radius 1 is 1.00 bits per heavy atom. The quantitative estimate of drug-likeness (QED) is 0.709. The van der Waals surface area contributed by atoms with Crippen LogP contribution in [0.3, 0.4) is 0 Å². The van der Waals surface area contributed by atoms with Crippen LogP contribution in [0, 0.1) is 0 Å². The first-order chi connectivity index (χ1) is 14.2. The predicted octanol–water partition coefficient (Wildman–Crippen LogP) is 1.63. The number of carbonyl (C=O) groups excluding carboxylic acids is 1. The van der Waals surface area contributed by atoms with E-state index in [2.05, 4.69) is 26.9 Å². The molecule has 0 aliphatic carbocycles. The molecule has 0 spiro atoms. The Kier molecular flexibility index (Phi) is 6.27. The first kappa shape index (κ1) is 19.7. The van der Waals surface area contributed by atoms with Crippen LogP contribution in [-0.4, -0.2) is 78.7 Å². The Bertz CT molecular complexity index is 822. The zero-order valence-corrected chi connectivity index (χ0v) is 16.9. The molecule has 2 aromatic rings. The van der Waals surface area contributed by atoms with E-state index in [-0.39, 0.29) is 5.91 Å². The SMILES string of the molecule is CN(CCc1ccncc1)C(=O)CN1CCN(Cc2ccc3c(c2)OCO3)CC1. The minimum absolute atomic E-state index is 0.184. The lowest BCUT2D eigenvalue weighted by atomic mass is 10.1. The zero-order chi connectivity index (χ0) is 20.1. The van der Waals surface area contributed by atoms with Gasteiger partial charge in [0.1, 0.15) is 0 Å². The lowest BCUT2D eigenvalue weighted by molar-refractivity contribution is -0.131. The van der Waals surface area contributed by atoms with Crippen molar-refractivity contribution >= 4 is 5.91 Å². The first-order valence-electron chi connectivity index (χ1n) is 10.1. The maximum atomic E-state index is 12.5. The van der Waals surface area contributed by atoms with Crippen LogP contribution in [0.2, 0.25) is 0 Å². The number of pyridine rings is 1. The molecule has 1 fully saturated rings. The van der Waals surface area contributed by atoms with Crippen molar-refractivity contribution in [3.8, 4) is 11.5 Å². The van der Waals surface area contributed by atoms with E-state index in [4.69, 9.17) is 9.47 Å². The molecule has 2 aliphatic heterocycles. The van der Waals surface area contributed by atoms with Crippen LogP contribution in [-0.2, 0) is 17.8 Å². The van der Waals surface area contributed by atoms with Gasteiger partial charge in [-0.05, 0) is 41.8 Å². The van der Waals surface area contributed by atoms with E-state index in [1.165, 1.54) is 11.1 Å². The minimum atomic E-state index is 0.184. The largest absolute Gasteiger partial charge is 0.454 e. The van der Waals surface area contributed by atoms with E-state index in [1.807, 2.05) is 30.1 Å². The lowest BCUT2D eigenvalue weighted by Crippen LogP contribution is -2.49. The summed E-state index contributed by atoms with van der Waals surface area (Å²) < 4.78 is 10.8. The lowest BCUT2D eigenvalue weighted by Gasteiger charge is -2.35. The molecule has 0 radical (unpaired) electrons. The second-order valence-corrected chi connectivity index (χ2v) is 7.66. The normalized spacial score (nSPS) is 16.7. The van der Waals surface area contributed by atoms with Crippen molar-refractivity contribution < 1.29 is 14.3 Å². The van der Waals surface area contributed by atoms with Gasteiger partial charge in [0.2, 0.25) is 12.7 Å². The minimum Gasteiger partial charge on any atom is -0.454 e. The zero-order valence-electron chi connectivity index (χ0n) is 16.9. The van der Waals surface area contributed by atoms with E-state index in [1.54, 1.807) is 12.4 Å². The summed E-state index contributed by atoms with van der Waals surface area (Å²) in [5, 5.41) is 0. The third-order valence-electron chi connectivity index (χ3n) is 5.58. The third kappa shape index (κ3) is 5.25. The number of fused-ring (bicyclic) bond motifs is 1. The number of amides is 1. The van der Waals surface area contributed by atoms with Gasteiger partial charge in [-0.1, -0.05) is 6.07 Å². The van der Waals surface area contributed by atoms with Crippen LogP contribution >= 0.6 is 0 Å². The van der Waals surface area contributed by atoms with Gasteiger partial charge in [-0.2, -0.15) is 0 Å². The van der Waals surface area contributed by atoms with E-state index in [0.717, 1.165) is 57.2 Å². The molecule has 7 nitrogen and oxygen atoms in total. The Balaban J connectivity index is 1.19.